The highest BCUT2D eigenvalue weighted by molar-refractivity contribution is 7.83. The number of fused-ring (bicyclic) bond motifs is 1. The number of pyridine rings is 1. The van der Waals surface area contributed by atoms with Crippen LogP contribution in [0.5, 0.6) is 5.75 Å². The number of aldehydes is 1. The lowest BCUT2D eigenvalue weighted by atomic mass is 9.87. The van der Waals surface area contributed by atoms with Gasteiger partial charge in [-0.05, 0) is 62.3 Å². The number of aromatic nitrogens is 1. The van der Waals surface area contributed by atoms with Crippen molar-refractivity contribution in [2.75, 3.05) is 26.2 Å². The number of carbonyl (C=O) groups excluding carboxylic acids is 1. The third kappa shape index (κ3) is 8.11. The van der Waals surface area contributed by atoms with Crippen molar-refractivity contribution in [3.63, 3.8) is 0 Å². The topological polar surface area (TPSA) is 91.8 Å². The molecular formula is C32H49N3O4S. The molecule has 40 heavy (non-hydrogen) atoms. The lowest BCUT2D eigenvalue weighted by molar-refractivity contribution is -0.105. The first-order valence-electron chi connectivity index (χ1n) is 15.6. The van der Waals surface area contributed by atoms with Crippen molar-refractivity contribution in [2.45, 2.75) is 114 Å². The van der Waals surface area contributed by atoms with Crippen molar-refractivity contribution in [3.05, 3.63) is 41.2 Å². The van der Waals surface area contributed by atoms with Gasteiger partial charge in [-0.1, -0.05) is 51.7 Å². The quantitative estimate of drug-likeness (QED) is 0.377. The summed E-state index contributed by atoms with van der Waals surface area (Å²) in [5, 5.41) is 12.0. The van der Waals surface area contributed by atoms with Gasteiger partial charge in [-0.25, -0.2) is 8.51 Å². The number of nitrogens with one attached hydrogen (secondary N) is 1. The standard InChI is InChI=1S/C26H34N2O3S.C4H9NO.C2H6/c29-19-20-6-5-7-21(11-10-20)24-16-22-17-26(31-25(22)18-27-24)12-14-28(15-13-26)32(30)23-8-3-1-2-4-9-23;6-4-1-2-5-3-4;1-2/h10-11,16,18-19,23H,1-9,12-15,17H2;4-6H,1-3H2;1-2H3. The Kier molecular flexibility index (Phi) is 12.0. The van der Waals surface area contributed by atoms with Gasteiger partial charge in [-0.15, -0.1) is 0 Å². The van der Waals surface area contributed by atoms with E-state index in [0.29, 0.717) is 5.25 Å². The fourth-order valence-electron chi connectivity index (χ4n) is 6.32. The van der Waals surface area contributed by atoms with Crippen LogP contribution >= 0.6 is 0 Å². The molecule has 2 saturated heterocycles. The second-order valence-corrected chi connectivity index (χ2v) is 13.2. The van der Waals surface area contributed by atoms with Gasteiger partial charge in [0.1, 0.15) is 17.6 Å². The largest absolute Gasteiger partial charge is 0.485 e. The first-order valence-corrected chi connectivity index (χ1v) is 16.8. The highest BCUT2D eigenvalue weighted by Crippen LogP contribution is 2.42. The molecule has 6 rings (SSSR count). The molecule has 2 aliphatic carbocycles. The molecule has 7 nitrogen and oxygen atoms in total. The van der Waals surface area contributed by atoms with Crippen LogP contribution in [-0.4, -0.2) is 68.0 Å². The first kappa shape index (κ1) is 31.1. The van der Waals surface area contributed by atoms with Crippen molar-refractivity contribution in [3.8, 4) is 5.75 Å². The number of carbonyl (C=O) groups is 1. The Hall–Kier alpha value is -1.87. The fourth-order valence-corrected chi connectivity index (χ4v) is 8.02. The van der Waals surface area contributed by atoms with Gasteiger partial charge in [-0.2, -0.15) is 0 Å². The molecule has 3 aliphatic heterocycles. The van der Waals surface area contributed by atoms with Gasteiger partial charge in [0.05, 0.1) is 29.0 Å². The van der Waals surface area contributed by atoms with Crippen molar-refractivity contribution in [1.82, 2.24) is 14.6 Å². The molecule has 1 saturated carbocycles. The summed E-state index contributed by atoms with van der Waals surface area (Å²) < 4.78 is 21.9. The SMILES string of the molecule is CC.O=CC1=CC=C(c2cc3c(cn2)OC2(CCN(S(=O)C4CCCCCC4)CC2)C3)CCC1.OC1CCNC1. The van der Waals surface area contributed by atoms with E-state index >= 15 is 0 Å². The van der Waals surface area contributed by atoms with Gasteiger partial charge >= 0.3 is 0 Å². The van der Waals surface area contributed by atoms with E-state index in [1.54, 1.807) is 0 Å². The maximum atomic E-state index is 13.2. The molecule has 222 valence electrons. The molecule has 1 aromatic rings. The average Bonchev–Trinajstić information content (AvgIpc) is 3.38. The molecule has 0 radical (unpaired) electrons. The molecule has 2 N–H and O–H groups in total. The van der Waals surface area contributed by atoms with Crippen molar-refractivity contribution in [1.29, 1.82) is 0 Å². The first-order chi connectivity index (χ1) is 19.5. The molecule has 1 aromatic heterocycles. The third-order valence-corrected chi connectivity index (χ3v) is 10.6. The summed E-state index contributed by atoms with van der Waals surface area (Å²) >= 11 is 0. The van der Waals surface area contributed by atoms with E-state index in [4.69, 9.17) is 9.84 Å². The smallest absolute Gasteiger partial charge is 0.146 e. The minimum atomic E-state index is -0.856. The third-order valence-electron chi connectivity index (χ3n) is 8.69. The van der Waals surface area contributed by atoms with E-state index in [2.05, 4.69) is 26.7 Å². The van der Waals surface area contributed by atoms with Gasteiger partial charge in [0.25, 0.3) is 0 Å². The van der Waals surface area contributed by atoms with Crippen LogP contribution in [0.2, 0.25) is 0 Å². The lowest BCUT2D eigenvalue weighted by Gasteiger charge is -2.39. The zero-order valence-electron chi connectivity index (χ0n) is 24.5. The summed E-state index contributed by atoms with van der Waals surface area (Å²) in [6.07, 6.45) is 20.5. The predicted octanol–water partition coefficient (Wildman–Crippen LogP) is 5.30. The minimum Gasteiger partial charge on any atom is -0.485 e. The molecule has 8 heteroatoms. The number of ether oxygens (including phenoxy) is 1. The molecule has 5 aliphatic rings. The van der Waals surface area contributed by atoms with Crippen molar-refractivity contribution >= 4 is 22.8 Å². The van der Waals surface area contributed by atoms with Gasteiger partial charge in [-0.3, -0.25) is 9.78 Å². The number of hydrogen-bond donors (Lipinski definition) is 2. The Morgan fingerprint density at radius 1 is 1.07 bits per heavy atom. The number of aliphatic hydroxyl groups excluding tert-OH is 1. The van der Waals surface area contributed by atoms with E-state index in [9.17, 15) is 9.00 Å². The van der Waals surface area contributed by atoms with Crippen LogP contribution < -0.4 is 10.1 Å². The summed E-state index contributed by atoms with van der Waals surface area (Å²) in [7, 11) is -0.856. The molecule has 2 unspecified atom stereocenters. The lowest BCUT2D eigenvalue weighted by Crippen LogP contribution is -2.49. The van der Waals surface area contributed by atoms with Crippen LogP contribution in [0.25, 0.3) is 5.57 Å². The van der Waals surface area contributed by atoms with Gasteiger partial charge in [0.15, 0.2) is 0 Å². The molecule has 0 aromatic carbocycles. The number of rotatable bonds is 4. The van der Waals surface area contributed by atoms with Gasteiger partial charge in [0, 0.05) is 49.7 Å². The molecule has 3 fully saturated rings. The normalized spacial score (nSPS) is 25.4. The molecule has 0 bridgehead atoms. The molecular weight excluding hydrogens is 522 g/mol. The summed E-state index contributed by atoms with van der Waals surface area (Å²) in [6.45, 7) is 7.48. The second kappa shape index (κ2) is 15.4. The van der Waals surface area contributed by atoms with E-state index in [1.165, 1.54) is 36.8 Å². The maximum absolute atomic E-state index is 13.2. The molecule has 2 atom stereocenters. The zero-order valence-corrected chi connectivity index (χ0v) is 25.4. The summed E-state index contributed by atoms with van der Waals surface area (Å²) in [5.74, 6) is 0.908. The summed E-state index contributed by atoms with van der Waals surface area (Å²) in [4.78, 5) is 15.8. The Morgan fingerprint density at radius 2 is 1.82 bits per heavy atom. The van der Waals surface area contributed by atoms with Crippen LogP contribution in [0.3, 0.4) is 0 Å². The summed E-state index contributed by atoms with van der Waals surface area (Å²) in [5.41, 5.74) is 4.11. The van der Waals surface area contributed by atoms with Crippen LogP contribution in [0.1, 0.15) is 102 Å². The monoisotopic (exact) mass is 571 g/mol. The number of nitrogens with zero attached hydrogens (tertiary/aromatic N) is 2. The number of piperidine rings is 1. The van der Waals surface area contributed by atoms with Crippen LogP contribution in [0.15, 0.2) is 30.0 Å². The average molecular weight is 572 g/mol. The number of β-amino-alcohol motifs (C(OH)–C–C–N with tert-alkyl or cyclic N) is 1. The Bertz CT molecular complexity index is 1050. The summed E-state index contributed by atoms with van der Waals surface area (Å²) in [6, 6.07) is 2.19. The Morgan fingerprint density at radius 3 is 2.45 bits per heavy atom. The second-order valence-electron chi connectivity index (χ2n) is 11.5. The van der Waals surface area contributed by atoms with E-state index in [1.807, 2.05) is 26.1 Å². The minimum absolute atomic E-state index is 0.0648. The Labute approximate surface area is 243 Å². The van der Waals surface area contributed by atoms with Crippen LogP contribution in [0.4, 0.5) is 0 Å². The van der Waals surface area contributed by atoms with Crippen LogP contribution in [0, 0.1) is 0 Å². The van der Waals surface area contributed by atoms with Gasteiger partial charge in [0.2, 0.25) is 0 Å². The van der Waals surface area contributed by atoms with E-state index in [0.717, 1.165) is 107 Å². The molecule has 4 heterocycles. The highest BCUT2D eigenvalue weighted by Gasteiger charge is 2.43. The Balaban J connectivity index is 0.000000404. The van der Waals surface area contributed by atoms with Crippen molar-refractivity contribution in [2.24, 2.45) is 0 Å². The highest BCUT2D eigenvalue weighted by atomic mass is 32.2. The molecule has 0 amide bonds. The fraction of sp³-hybridized carbons (Fsp3) is 0.688. The van der Waals surface area contributed by atoms with E-state index < -0.39 is 11.0 Å². The maximum Gasteiger partial charge on any atom is 0.146 e. The van der Waals surface area contributed by atoms with E-state index in [-0.39, 0.29) is 11.7 Å². The number of allylic oxidation sites excluding steroid dienone is 4. The zero-order chi connectivity index (χ0) is 28.4. The number of hydrogen-bond acceptors (Lipinski definition) is 6. The van der Waals surface area contributed by atoms with Gasteiger partial charge < -0.3 is 15.2 Å². The molecule has 1 spiro atoms. The van der Waals surface area contributed by atoms with Crippen LogP contribution in [-0.2, 0) is 22.2 Å². The predicted molar refractivity (Wildman–Crippen MR) is 163 cm³/mol. The van der Waals surface area contributed by atoms with Crippen molar-refractivity contribution < 1.29 is 18.8 Å². The number of aliphatic hydroxyl groups is 1.